The first kappa shape index (κ1) is 14.7. The van der Waals surface area contributed by atoms with Crippen molar-refractivity contribution in [3.63, 3.8) is 0 Å². The fourth-order valence-corrected chi connectivity index (χ4v) is 1.67. The molecule has 0 spiro atoms. The summed E-state index contributed by atoms with van der Waals surface area (Å²) in [5.74, 6) is -1.20. The van der Waals surface area contributed by atoms with Crippen LogP contribution in [0.15, 0.2) is 18.2 Å². The van der Waals surface area contributed by atoms with Gasteiger partial charge < -0.3 is 15.2 Å². The zero-order chi connectivity index (χ0) is 14.6. The Balaban J connectivity index is 3.20. The van der Waals surface area contributed by atoms with Crippen LogP contribution in [0.3, 0.4) is 0 Å². The number of para-hydroxylation sites is 1. The van der Waals surface area contributed by atoms with E-state index in [1.165, 1.54) is 19.2 Å². The third kappa shape index (κ3) is 3.34. The number of nitro benzene ring substituents is 1. The quantitative estimate of drug-likeness (QED) is 0.605. The van der Waals surface area contributed by atoms with Gasteiger partial charge in [0, 0.05) is 0 Å². The second kappa shape index (κ2) is 6.03. The number of ether oxygens (including phenoxy) is 1. The molecule has 0 amide bonds. The maximum atomic E-state index is 11.1. The Kier molecular flexibility index (Phi) is 4.68. The number of carboxylic acid groups (broad SMARTS) is 1. The summed E-state index contributed by atoms with van der Waals surface area (Å²) in [6.07, 6.45) is 0. The molecular weight excluding hydrogens is 252 g/mol. The first-order valence-corrected chi connectivity index (χ1v) is 5.69. The van der Waals surface area contributed by atoms with Gasteiger partial charge in [-0.3, -0.25) is 10.1 Å². The molecular formula is C12H16N2O5. The van der Waals surface area contributed by atoms with Crippen LogP contribution in [0.5, 0.6) is 5.75 Å². The zero-order valence-electron chi connectivity index (χ0n) is 10.9. The summed E-state index contributed by atoms with van der Waals surface area (Å²) in [4.78, 5) is 21.6. The van der Waals surface area contributed by atoms with Gasteiger partial charge >= 0.3 is 11.7 Å². The van der Waals surface area contributed by atoms with E-state index in [1.54, 1.807) is 19.9 Å². The summed E-state index contributed by atoms with van der Waals surface area (Å²) in [7, 11) is 1.32. The lowest BCUT2D eigenvalue weighted by atomic mass is 10.0. The van der Waals surface area contributed by atoms with Gasteiger partial charge in [-0.05, 0) is 18.1 Å². The number of nitrogens with one attached hydrogen (secondary N) is 1. The van der Waals surface area contributed by atoms with Crippen molar-refractivity contribution < 1.29 is 19.6 Å². The van der Waals surface area contributed by atoms with Gasteiger partial charge in [0.1, 0.15) is 11.7 Å². The Bertz CT molecular complexity index is 487. The Morgan fingerprint density at radius 1 is 1.47 bits per heavy atom. The van der Waals surface area contributed by atoms with Gasteiger partial charge in [-0.2, -0.15) is 0 Å². The van der Waals surface area contributed by atoms with Gasteiger partial charge in [-0.25, -0.2) is 4.79 Å². The Morgan fingerprint density at radius 3 is 2.53 bits per heavy atom. The molecule has 1 unspecified atom stereocenters. The van der Waals surface area contributed by atoms with E-state index in [9.17, 15) is 14.9 Å². The number of rotatable bonds is 6. The van der Waals surface area contributed by atoms with Crippen LogP contribution < -0.4 is 10.1 Å². The lowest BCUT2D eigenvalue weighted by Crippen LogP contribution is -2.34. The van der Waals surface area contributed by atoms with E-state index in [0.717, 1.165) is 0 Å². The Hall–Kier alpha value is -2.31. The van der Waals surface area contributed by atoms with Crippen LogP contribution in [0, 0.1) is 16.0 Å². The van der Waals surface area contributed by atoms with Crippen molar-refractivity contribution in [1.29, 1.82) is 0 Å². The number of nitrogens with zero attached hydrogens (tertiary/aromatic N) is 1. The predicted molar refractivity (Wildman–Crippen MR) is 69.5 cm³/mol. The molecule has 1 atom stereocenters. The van der Waals surface area contributed by atoms with Crippen molar-refractivity contribution in [2.24, 2.45) is 5.92 Å². The molecule has 0 aliphatic rings. The highest BCUT2D eigenvalue weighted by atomic mass is 16.6. The number of aliphatic carboxylic acids is 1. The number of methoxy groups -OCH3 is 1. The number of anilines is 1. The average Bonchev–Trinajstić information content (AvgIpc) is 2.34. The molecule has 1 rings (SSSR count). The molecule has 2 N–H and O–H groups in total. The summed E-state index contributed by atoms with van der Waals surface area (Å²) in [5, 5.41) is 22.8. The summed E-state index contributed by atoms with van der Waals surface area (Å²) < 4.78 is 4.92. The van der Waals surface area contributed by atoms with Crippen molar-refractivity contribution in [3.8, 4) is 5.75 Å². The minimum Gasteiger partial charge on any atom is -0.490 e. The molecule has 0 aliphatic carbocycles. The summed E-state index contributed by atoms with van der Waals surface area (Å²) >= 11 is 0. The highest BCUT2D eigenvalue weighted by molar-refractivity contribution is 5.80. The van der Waals surface area contributed by atoms with Crippen molar-refractivity contribution in [1.82, 2.24) is 0 Å². The topological polar surface area (TPSA) is 102 Å². The van der Waals surface area contributed by atoms with E-state index < -0.39 is 16.9 Å². The molecule has 19 heavy (non-hydrogen) atoms. The van der Waals surface area contributed by atoms with Gasteiger partial charge in [0.25, 0.3) is 0 Å². The van der Waals surface area contributed by atoms with Crippen LogP contribution in [-0.4, -0.2) is 29.2 Å². The SMILES string of the molecule is COc1cccc(NC(C(=O)O)C(C)C)c1[N+](=O)[O-]. The minimum atomic E-state index is -1.06. The Morgan fingerprint density at radius 2 is 2.11 bits per heavy atom. The number of hydrogen-bond donors (Lipinski definition) is 2. The number of carboxylic acids is 1. The largest absolute Gasteiger partial charge is 0.490 e. The smallest absolute Gasteiger partial charge is 0.333 e. The molecule has 1 aromatic rings. The Labute approximate surface area is 110 Å². The van der Waals surface area contributed by atoms with E-state index in [-0.39, 0.29) is 23.0 Å². The van der Waals surface area contributed by atoms with Gasteiger partial charge in [0.2, 0.25) is 0 Å². The van der Waals surface area contributed by atoms with E-state index in [4.69, 9.17) is 9.84 Å². The maximum Gasteiger partial charge on any atom is 0.333 e. The van der Waals surface area contributed by atoms with E-state index in [2.05, 4.69) is 5.32 Å². The summed E-state index contributed by atoms with van der Waals surface area (Å²) in [5.41, 5.74) is -0.137. The number of hydrogen-bond acceptors (Lipinski definition) is 5. The third-order valence-electron chi connectivity index (χ3n) is 2.65. The lowest BCUT2D eigenvalue weighted by molar-refractivity contribution is -0.384. The molecule has 7 heteroatoms. The molecule has 0 aromatic heterocycles. The molecule has 0 heterocycles. The zero-order valence-corrected chi connectivity index (χ0v) is 10.9. The molecule has 104 valence electrons. The normalized spacial score (nSPS) is 12.0. The summed E-state index contributed by atoms with van der Waals surface area (Å²) in [6.45, 7) is 3.44. The van der Waals surface area contributed by atoms with E-state index in [1.807, 2.05) is 0 Å². The molecule has 0 saturated heterocycles. The first-order chi connectivity index (χ1) is 8.88. The van der Waals surface area contributed by atoms with Gasteiger partial charge in [-0.15, -0.1) is 0 Å². The number of carbonyl (C=O) groups is 1. The first-order valence-electron chi connectivity index (χ1n) is 5.69. The number of nitro groups is 1. The van der Waals surface area contributed by atoms with Crippen molar-refractivity contribution >= 4 is 17.3 Å². The number of benzene rings is 1. The van der Waals surface area contributed by atoms with Crippen LogP contribution in [0.2, 0.25) is 0 Å². The van der Waals surface area contributed by atoms with Crippen LogP contribution in [-0.2, 0) is 4.79 Å². The molecule has 0 bridgehead atoms. The summed E-state index contributed by atoms with van der Waals surface area (Å²) in [6, 6.07) is 3.56. The van der Waals surface area contributed by atoms with E-state index >= 15 is 0 Å². The fraction of sp³-hybridized carbons (Fsp3) is 0.417. The van der Waals surface area contributed by atoms with E-state index in [0.29, 0.717) is 0 Å². The molecule has 0 saturated carbocycles. The van der Waals surface area contributed by atoms with Crippen molar-refractivity contribution in [2.45, 2.75) is 19.9 Å². The van der Waals surface area contributed by atoms with Crippen molar-refractivity contribution in [2.75, 3.05) is 12.4 Å². The molecule has 0 fully saturated rings. The molecule has 0 radical (unpaired) electrons. The highest BCUT2D eigenvalue weighted by Gasteiger charge is 2.27. The van der Waals surface area contributed by atoms with Crippen molar-refractivity contribution in [3.05, 3.63) is 28.3 Å². The maximum absolute atomic E-state index is 11.1. The second-order valence-corrected chi connectivity index (χ2v) is 4.32. The van der Waals surface area contributed by atoms with Crippen LogP contribution in [0.25, 0.3) is 0 Å². The van der Waals surface area contributed by atoms with Gasteiger partial charge in [-0.1, -0.05) is 19.9 Å². The van der Waals surface area contributed by atoms with Crippen LogP contribution in [0.4, 0.5) is 11.4 Å². The monoisotopic (exact) mass is 268 g/mol. The van der Waals surface area contributed by atoms with Crippen LogP contribution in [0.1, 0.15) is 13.8 Å². The van der Waals surface area contributed by atoms with Gasteiger partial charge in [0.15, 0.2) is 5.75 Å². The highest BCUT2D eigenvalue weighted by Crippen LogP contribution is 2.35. The predicted octanol–water partition coefficient (Wildman–Crippen LogP) is 2.12. The molecule has 1 aromatic carbocycles. The molecule has 0 aliphatic heterocycles. The standard InChI is InChI=1S/C12H16N2O5/c1-7(2)10(12(15)16)13-8-5-4-6-9(19-3)11(8)14(17)18/h4-7,10,13H,1-3H3,(H,15,16). The lowest BCUT2D eigenvalue weighted by Gasteiger charge is -2.19. The molecule has 7 nitrogen and oxygen atoms in total. The fourth-order valence-electron chi connectivity index (χ4n) is 1.67. The minimum absolute atomic E-state index is 0.0860. The van der Waals surface area contributed by atoms with Crippen LogP contribution >= 0.6 is 0 Å². The van der Waals surface area contributed by atoms with Gasteiger partial charge in [0.05, 0.1) is 12.0 Å². The second-order valence-electron chi connectivity index (χ2n) is 4.32. The average molecular weight is 268 g/mol. The third-order valence-corrected chi connectivity index (χ3v) is 2.65.